The summed E-state index contributed by atoms with van der Waals surface area (Å²) in [7, 11) is 1.23. The van der Waals surface area contributed by atoms with Gasteiger partial charge in [-0.05, 0) is 50.4 Å². The summed E-state index contributed by atoms with van der Waals surface area (Å²) in [6.07, 6.45) is 0.830. The average Bonchev–Trinajstić information content (AvgIpc) is 3.07. The maximum Gasteiger partial charge on any atom is 0.312 e. The number of hydrogen-bond donors (Lipinski definition) is 1. The summed E-state index contributed by atoms with van der Waals surface area (Å²) >= 11 is 0. The number of benzene rings is 1. The van der Waals surface area contributed by atoms with E-state index in [1.807, 2.05) is 0 Å². The van der Waals surface area contributed by atoms with E-state index in [1.54, 1.807) is 19.1 Å². The number of carbonyl (C=O) groups is 3. The molecule has 0 aromatic heterocycles. The van der Waals surface area contributed by atoms with E-state index in [-0.39, 0.29) is 18.0 Å². The molecule has 1 aromatic rings. The van der Waals surface area contributed by atoms with Gasteiger partial charge in [0.05, 0.1) is 12.6 Å². The number of hydrogen-bond acceptors (Lipinski definition) is 6. The lowest BCUT2D eigenvalue weighted by molar-refractivity contribution is -0.160. The molecular weight excluding hydrogens is 353 g/mol. The highest BCUT2D eigenvalue weighted by molar-refractivity contribution is 5.92. The molecule has 6 nitrogen and oxygen atoms in total. The number of ether oxygens (including phenoxy) is 2. The Kier molecular flexibility index (Phi) is 7.07. The van der Waals surface area contributed by atoms with Crippen molar-refractivity contribution >= 4 is 17.7 Å². The summed E-state index contributed by atoms with van der Waals surface area (Å²) in [5.41, 5.74) is -0.156. The molecule has 1 aliphatic rings. The first kappa shape index (κ1) is 21.0. The van der Waals surface area contributed by atoms with Crippen LogP contribution < -0.4 is 5.32 Å². The fourth-order valence-electron chi connectivity index (χ4n) is 3.62. The summed E-state index contributed by atoms with van der Waals surface area (Å²) in [6.45, 7) is 3.48. The van der Waals surface area contributed by atoms with Crippen LogP contribution in [0.2, 0.25) is 0 Å². The van der Waals surface area contributed by atoms with Crippen molar-refractivity contribution in [1.29, 1.82) is 0 Å². The summed E-state index contributed by atoms with van der Waals surface area (Å²) in [6, 6.07) is 6.15. The zero-order valence-electron chi connectivity index (χ0n) is 15.9. The Balaban J connectivity index is 2.21. The summed E-state index contributed by atoms with van der Waals surface area (Å²) in [4.78, 5) is 36.6. The number of halogens is 1. The summed E-state index contributed by atoms with van der Waals surface area (Å²) in [5, 5.41) is 3.25. The SMILES string of the molecule is COC(=O)[C@@H](CC(=O)C1(Cc2cccc(F)c2)CCCN1)[C@@H](C)OC(C)=O. The second-order valence-corrected chi connectivity index (χ2v) is 6.99. The predicted octanol–water partition coefficient (Wildman–Crippen LogP) is 2.19. The van der Waals surface area contributed by atoms with E-state index < -0.39 is 29.5 Å². The standard InChI is InChI=1S/C20H26FNO5/c1-13(27-14(2)23)17(19(25)26-3)11-18(24)20(8-5-9-22-20)12-15-6-4-7-16(21)10-15/h4,6-7,10,13,17,22H,5,8-9,11-12H2,1-3H3/t13-,17+,20?/m1/s1. The number of esters is 2. The van der Waals surface area contributed by atoms with Crippen LogP contribution in [-0.2, 0) is 30.3 Å². The van der Waals surface area contributed by atoms with Gasteiger partial charge in [-0.25, -0.2) is 4.39 Å². The molecule has 3 atom stereocenters. The van der Waals surface area contributed by atoms with E-state index in [4.69, 9.17) is 9.47 Å². The highest BCUT2D eigenvalue weighted by Gasteiger charge is 2.43. The van der Waals surface area contributed by atoms with Crippen molar-refractivity contribution in [3.05, 3.63) is 35.6 Å². The first-order valence-electron chi connectivity index (χ1n) is 9.05. The van der Waals surface area contributed by atoms with Crippen molar-refractivity contribution in [2.24, 2.45) is 5.92 Å². The van der Waals surface area contributed by atoms with Crippen LogP contribution in [-0.4, -0.2) is 43.0 Å². The number of nitrogens with one attached hydrogen (secondary N) is 1. The van der Waals surface area contributed by atoms with Gasteiger partial charge in [0.2, 0.25) is 0 Å². The van der Waals surface area contributed by atoms with Crippen molar-refractivity contribution in [2.45, 2.75) is 51.2 Å². The van der Waals surface area contributed by atoms with Gasteiger partial charge < -0.3 is 14.8 Å². The van der Waals surface area contributed by atoms with E-state index in [2.05, 4.69) is 5.32 Å². The second kappa shape index (κ2) is 9.08. The molecule has 0 amide bonds. The minimum atomic E-state index is -0.891. The third-order valence-corrected chi connectivity index (χ3v) is 5.00. The van der Waals surface area contributed by atoms with Gasteiger partial charge in [-0.1, -0.05) is 12.1 Å². The monoisotopic (exact) mass is 379 g/mol. The van der Waals surface area contributed by atoms with Gasteiger partial charge in [0.25, 0.3) is 0 Å². The van der Waals surface area contributed by atoms with Crippen LogP contribution in [0, 0.1) is 11.7 Å². The molecule has 1 unspecified atom stereocenters. The molecule has 0 aliphatic carbocycles. The van der Waals surface area contributed by atoms with Gasteiger partial charge >= 0.3 is 11.9 Å². The van der Waals surface area contributed by atoms with Crippen LogP contribution in [0.25, 0.3) is 0 Å². The molecular formula is C20H26FNO5. The Morgan fingerprint density at radius 3 is 2.63 bits per heavy atom. The van der Waals surface area contributed by atoms with Crippen LogP contribution in [0.1, 0.15) is 38.7 Å². The average molecular weight is 379 g/mol. The smallest absolute Gasteiger partial charge is 0.312 e. The van der Waals surface area contributed by atoms with E-state index in [0.29, 0.717) is 24.9 Å². The minimum Gasteiger partial charge on any atom is -0.469 e. The number of carbonyl (C=O) groups excluding carboxylic acids is 3. The largest absolute Gasteiger partial charge is 0.469 e. The molecule has 1 fully saturated rings. The number of Topliss-reactive ketones (excluding diaryl/α,β-unsaturated/α-hetero) is 1. The lowest BCUT2D eigenvalue weighted by Crippen LogP contribution is -2.51. The van der Waals surface area contributed by atoms with E-state index in [0.717, 1.165) is 6.42 Å². The van der Waals surface area contributed by atoms with Crippen molar-refractivity contribution in [2.75, 3.05) is 13.7 Å². The quantitative estimate of drug-likeness (QED) is 0.698. The third-order valence-electron chi connectivity index (χ3n) is 5.00. The molecule has 1 aromatic carbocycles. The van der Waals surface area contributed by atoms with Crippen molar-refractivity contribution in [3.63, 3.8) is 0 Å². The van der Waals surface area contributed by atoms with Crippen LogP contribution >= 0.6 is 0 Å². The van der Waals surface area contributed by atoms with Gasteiger partial charge in [0.15, 0.2) is 5.78 Å². The molecule has 0 radical (unpaired) electrons. The molecule has 0 bridgehead atoms. The van der Waals surface area contributed by atoms with E-state index in [1.165, 1.54) is 26.2 Å². The third kappa shape index (κ3) is 5.35. The first-order chi connectivity index (χ1) is 12.8. The van der Waals surface area contributed by atoms with E-state index in [9.17, 15) is 18.8 Å². The molecule has 27 heavy (non-hydrogen) atoms. The van der Waals surface area contributed by atoms with E-state index >= 15 is 0 Å². The Morgan fingerprint density at radius 1 is 1.33 bits per heavy atom. The number of rotatable bonds is 8. The Hall–Kier alpha value is -2.28. The molecule has 1 heterocycles. The molecule has 1 saturated heterocycles. The Labute approximate surface area is 158 Å². The molecule has 2 rings (SSSR count). The van der Waals surface area contributed by atoms with Gasteiger partial charge in [0, 0.05) is 13.3 Å². The highest BCUT2D eigenvalue weighted by atomic mass is 19.1. The molecule has 1 N–H and O–H groups in total. The molecule has 1 aliphatic heterocycles. The fourth-order valence-corrected chi connectivity index (χ4v) is 3.62. The topological polar surface area (TPSA) is 81.7 Å². The maximum atomic E-state index is 13.5. The summed E-state index contributed by atoms with van der Waals surface area (Å²) in [5.74, 6) is -2.55. The summed E-state index contributed by atoms with van der Waals surface area (Å²) < 4.78 is 23.4. The van der Waals surface area contributed by atoms with Crippen molar-refractivity contribution in [3.8, 4) is 0 Å². The molecule has 0 spiro atoms. The first-order valence-corrected chi connectivity index (χ1v) is 9.05. The van der Waals surface area contributed by atoms with Crippen molar-refractivity contribution in [1.82, 2.24) is 5.32 Å². The van der Waals surface area contributed by atoms with Gasteiger partial charge in [-0.3, -0.25) is 14.4 Å². The highest BCUT2D eigenvalue weighted by Crippen LogP contribution is 2.29. The lowest BCUT2D eigenvalue weighted by Gasteiger charge is -2.31. The Morgan fingerprint density at radius 2 is 2.07 bits per heavy atom. The normalized spacial score (nSPS) is 21.3. The minimum absolute atomic E-state index is 0.122. The maximum absolute atomic E-state index is 13.5. The fraction of sp³-hybridized carbons (Fsp3) is 0.550. The van der Waals surface area contributed by atoms with Gasteiger partial charge in [-0.15, -0.1) is 0 Å². The second-order valence-electron chi connectivity index (χ2n) is 6.99. The van der Waals surface area contributed by atoms with Gasteiger partial charge in [0.1, 0.15) is 17.8 Å². The number of ketones is 1. The van der Waals surface area contributed by atoms with Crippen LogP contribution in [0.4, 0.5) is 4.39 Å². The zero-order valence-corrected chi connectivity index (χ0v) is 15.9. The van der Waals surface area contributed by atoms with Crippen LogP contribution in [0.15, 0.2) is 24.3 Å². The van der Waals surface area contributed by atoms with Crippen LogP contribution in [0.5, 0.6) is 0 Å². The zero-order chi connectivity index (χ0) is 20.0. The molecule has 7 heteroatoms. The molecule has 148 valence electrons. The molecule has 0 saturated carbocycles. The van der Waals surface area contributed by atoms with Gasteiger partial charge in [-0.2, -0.15) is 0 Å². The number of methoxy groups -OCH3 is 1. The Bertz CT molecular complexity index is 699. The van der Waals surface area contributed by atoms with Crippen molar-refractivity contribution < 1.29 is 28.2 Å². The lowest BCUT2D eigenvalue weighted by atomic mass is 9.80. The predicted molar refractivity (Wildman–Crippen MR) is 96.4 cm³/mol. The van der Waals surface area contributed by atoms with Crippen LogP contribution in [0.3, 0.4) is 0 Å².